The lowest BCUT2D eigenvalue weighted by Gasteiger charge is -2.09. The number of imidazole rings is 1. The van der Waals surface area contributed by atoms with E-state index in [2.05, 4.69) is 35.6 Å². The molecule has 0 atom stereocenters. The van der Waals surface area contributed by atoms with Crippen LogP contribution in [0.25, 0.3) is 0 Å². The highest BCUT2D eigenvalue weighted by molar-refractivity contribution is 7.99. The molecule has 0 aromatic carbocycles. The van der Waals surface area contributed by atoms with Crippen LogP contribution in [0, 0.1) is 19.8 Å². The second kappa shape index (κ2) is 6.66. The van der Waals surface area contributed by atoms with Gasteiger partial charge in [-0.15, -0.1) is 0 Å². The SMILES string of the molecule is Cc1nc(SCC(=O)NCCC(C)C)n(C2CC2)c1C. The Hall–Kier alpha value is -0.970. The largest absolute Gasteiger partial charge is 0.355 e. The van der Waals surface area contributed by atoms with Gasteiger partial charge in [0, 0.05) is 18.3 Å². The molecule has 1 heterocycles. The molecule has 1 aromatic heterocycles. The van der Waals surface area contributed by atoms with Crippen molar-refractivity contribution in [1.82, 2.24) is 14.9 Å². The molecular weight excluding hydrogens is 270 g/mol. The van der Waals surface area contributed by atoms with E-state index in [1.54, 1.807) is 11.8 Å². The summed E-state index contributed by atoms with van der Waals surface area (Å²) in [4.78, 5) is 16.4. The fourth-order valence-corrected chi connectivity index (χ4v) is 3.13. The van der Waals surface area contributed by atoms with Gasteiger partial charge in [0.15, 0.2) is 5.16 Å². The summed E-state index contributed by atoms with van der Waals surface area (Å²) in [5, 5.41) is 3.97. The van der Waals surface area contributed by atoms with Gasteiger partial charge < -0.3 is 9.88 Å². The summed E-state index contributed by atoms with van der Waals surface area (Å²) < 4.78 is 2.31. The summed E-state index contributed by atoms with van der Waals surface area (Å²) in [6, 6.07) is 0.614. The molecule has 1 aliphatic carbocycles. The van der Waals surface area contributed by atoms with Crippen molar-refractivity contribution >= 4 is 17.7 Å². The lowest BCUT2D eigenvalue weighted by molar-refractivity contribution is -0.118. The second-order valence-corrected chi connectivity index (χ2v) is 6.93. The van der Waals surface area contributed by atoms with Crippen LogP contribution in [0.1, 0.15) is 50.5 Å². The van der Waals surface area contributed by atoms with E-state index in [1.807, 2.05) is 6.92 Å². The van der Waals surface area contributed by atoms with Gasteiger partial charge in [-0.1, -0.05) is 25.6 Å². The van der Waals surface area contributed by atoms with Gasteiger partial charge >= 0.3 is 0 Å². The predicted octanol–water partition coefficient (Wildman–Crippen LogP) is 3.09. The van der Waals surface area contributed by atoms with Crippen molar-refractivity contribution in [2.75, 3.05) is 12.3 Å². The lowest BCUT2D eigenvalue weighted by atomic mass is 10.1. The maximum Gasteiger partial charge on any atom is 0.230 e. The number of nitrogens with one attached hydrogen (secondary N) is 1. The first-order chi connectivity index (χ1) is 9.49. The number of aromatic nitrogens is 2. The van der Waals surface area contributed by atoms with E-state index in [1.165, 1.54) is 18.5 Å². The van der Waals surface area contributed by atoms with Gasteiger partial charge in [0.1, 0.15) is 0 Å². The highest BCUT2D eigenvalue weighted by Crippen LogP contribution is 2.39. The average molecular weight is 295 g/mol. The van der Waals surface area contributed by atoms with Gasteiger partial charge in [-0.05, 0) is 39.0 Å². The Morgan fingerprint density at radius 2 is 2.15 bits per heavy atom. The maximum absolute atomic E-state index is 11.8. The Bertz CT molecular complexity index is 478. The standard InChI is InChI=1S/C15H25N3OS/c1-10(2)7-8-16-14(19)9-20-15-17-11(3)12(4)18(15)13-5-6-13/h10,13H,5-9H2,1-4H3,(H,16,19). The number of carbonyl (C=O) groups excluding carboxylic acids is 1. The number of amides is 1. The molecule has 1 aromatic rings. The van der Waals surface area contributed by atoms with Gasteiger partial charge in [0.05, 0.1) is 11.4 Å². The molecule has 0 aliphatic heterocycles. The van der Waals surface area contributed by atoms with E-state index < -0.39 is 0 Å². The van der Waals surface area contributed by atoms with Gasteiger partial charge in [0.2, 0.25) is 5.91 Å². The van der Waals surface area contributed by atoms with Crippen molar-refractivity contribution in [3.05, 3.63) is 11.4 Å². The number of carbonyl (C=O) groups is 1. The highest BCUT2D eigenvalue weighted by atomic mass is 32.2. The predicted molar refractivity (Wildman–Crippen MR) is 83.2 cm³/mol. The van der Waals surface area contributed by atoms with Crippen molar-refractivity contribution in [3.63, 3.8) is 0 Å². The van der Waals surface area contributed by atoms with Crippen molar-refractivity contribution in [1.29, 1.82) is 0 Å². The molecule has 0 unspecified atom stereocenters. The molecule has 20 heavy (non-hydrogen) atoms. The molecule has 1 fully saturated rings. The number of nitrogens with zero attached hydrogens (tertiary/aromatic N) is 2. The average Bonchev–Trinajstić information content (AvgIpc) is 3.15. The number of rotatable bonds is 7. The Kier molecular flexibility index (Phi) is 5.13. The van der Waals surface area contributed by atoms with E-state index >= 15 is 0 Å². The summed E-state index contributed by atoms with van der Waals surface area (Å²) in [5.74, 6) is 1.19. The highest BCUT2D eigenvalue weighted by Gasteiger charge is 2.28. The number of hydrogen-bond donors (Lipinski definition) is 1. The van der Waals surface area contributed by atoms with Gasteiger partial charge in [-0.25, -0.2) is 4.98 Å². The van der Waals surface area contributed by atoms with Crippen molar-refractivity contribution < 1.29 is 4.79 Å². The number of aryl methyl sites for hydroxylation is 1. The van der Waals surface area contributed by atoms with E-state index in [9.17, 15) is 4.79 Å². The smallest absolute Gasteiger partial charge is 0.230 e. The molecule has 1 aliphatic rings. The van der Waals surface area contributed by atoms with Gasteiger partial charge in [0.25, 0.3) is 0 Å². The normalized spacial score (nSPS) is 14.8. The summed E-state index contributed by atoms with van der Waals surface area (Å²) in [6.45, 7) is 9.26. The minimum atomic E-state index is 0.108. The summed E-state index contributed by atoms with van der Waals surface area (Å²) >= 11 is 1.56. The fourth-order valence-electron chi connectivity index (χ4n) is 2.14. The number of thioether (sulfide) groups is 1. The fraction of sp³-hybridized carbons (Fsp3) is 0.733. The summed E-state index contributed by atoms with van der Waals surface area (Å²) in [6.07, 6.45) is 3.51. The van der Waals surface area contributed by atoms with Crippen molar-refractivity contribution in [2.45, 2.75) is 58.2 Å². The molecule has 0 spiro atoms. The molecule has 112 valence electrons. The van der Waals surface area contributed by atoms with Crippen LogP contribution in [-0.4, -0.2) is 27.8 Å². The van der Waals surface area contributed by atoms with Crippen LogP contribution in [0.15, 0.2) is 5.16 Å². The third kappa shape index (κ3) is 4.01. The molecule has 0 bridgehead atoms. The second-order valence-electron chi connectivity index (χ2n) is 5.99. The molecule has 0 radical (unpaired) electrons. The van der Waals surface area contributed by atoms with E-state index in [-0.39, 0.29) is 5.91 Å². The van der Waals surface area contributed by atoms with Crippen LogP contribution in [0.5, 0.6) is 0 Å². The maximum atomic E-state index is 11.8. The quantitative estimate of drug-likeness (QED) is 0.786. The minimum absolute atomic E-state index is 0.108. The Morgan fingerprint density at radius 1 is 1.45 bits per heavy atom. The topological polar surface area (TPSA) is 46.9 Å². The van der Waals surface area contributed by atoms with Crippen LogP contribution < -0.4 is 5.32 Å². The molecular formula is C15H25N3OS. The molecule has 1 saturated carbocycles. The molecule has 5 heteroatoms. The monoisotopic (exact) mass is 295 g/mol. The van der Waals surface area contributed by atoms with E-state index in [0.29, 0.717) is 17.7 Å². The van der Waals surface area contributed by atoms with Crippen molar-refractivity contribution in [2.24, 2.45) is 5.92 Å². The van der Waals surface area contributed by atoms with E-state index in [0.717, 1.165) is 23.8 Å². The molecule has 2 rings (SSSR count). The molecule has 0 saturated heterocycles. The molecule has 4 nitrogen and oxygen atoms in total. The first-order valence-electron chi connectivity index (χ1n) is 7.44. The zero-order valence-electron chi connectivity index (χ0n) is 12.9. The van der Waals surface area contributed by atoms with Crippen LogP contribution >= 0.6 is 11.8 Å². The van der Waals surface area contributed by atoms with Gasteiger partial charge in [-0.2, -0.15) is 0 Å². The third-order valence-electron chi connectivity index (χ3n) is 3.64. The first kappa shape index (κ1) is 15.4. The zero-order valence-corrected chi connectivity index (χ0v) is 13.7. The van der Waals surface area contributed by atoms with Crippen LogP contribution in [0.2, 0.25) is 0 Å². The third-order valence-corrected chi connectivity index (χ3v) is 4.60. The number of hydrogen-bond acceptors (Lipinski definition) is 3. The summed E-state index contributed by atoms with van der Waals surface area (Å²) in [5.41, 5.74) is 2.33. The Morgan fingerprint density at radius 3 is 2.75 bits per heavy atom. The van der Waals surface area contributed by atoms with E-state index in [4.69, 9.17) is 0 Å². The first-order valence-corrected chi connectivity index (χ1v) is 8.42. The molecule has 1 amide bonds. The molecule has 1 N–H and O–H groups in total. The zero-order chi connectivity index (χ0) is 14.7. The Balaban J connectivity index is 1.84. The van der Waals surface area contributed by atoms with Crippen molar-refractivity contribution in [3.8, 4) is 0 Å². The van der Waals surface area contributed by atoms with Gasteiger partial charge in [-0.3, -0.25) is 4.79 Å². The lowest BCUT2D eigenvalue weighted by Crippen LogP contribution is -2.27. The Labute approximate surface area is 125 Å². The van der Waals surface area contributed by atoms with Crippen LogP contribution in [0.3, 0.4) is 0 Å². The van der Waals surface area contributed by atoms with Crippen LogP contribution in [-0.2, 0) is 4.79 Å². The minimum Gasteiger partial charge on any atom is -0.355 e. The van der Waals surface area contributed by atoms with Crippen LogP contribution in [0.4, 0.5) is 0 Å². The summed E-state index contributed by atoms with van der Waals surface area (Å²) in [7, 11) is 0.